The lowest BCUT2D eigenvalue weighted by Crippen LogP contribution is -2.50. The van der Waals surface area contributed by atoms with Gasteiger partial charge in [-0.05, 0) is 30.9 Å². The van der Waals surface area contributed by atoms with E-state index in [2.05, 4.69) is 17.0 Å². The topological polar surface area (TPSA) is 65.9 Å². The third-order valence-electron chi connectivity index (χ3n) is 7.15. The number of carbonyl (C=O) groups excluding carboxylic acids is 3. The summed E-state index contributed by atoms with van der Waals surface area (Å²) in [6, 6.07) is 17.8. The summed E-state index contributed by atoms with van der Waals surface area (Å²) in [6.07, 6.45) is 4.93. The Morgan fingerprint density at radius 3 is 2.14 bits per heavy atom. The zero-order chi connectivity index (χ0) is 24.2. The van der Waals surface area contributed by atoms with Crippen LogP contribution in [0, 0.1) is 0 Å². The molecule has 7 heteroatoms. The van der Waals surface area contributed by atoms with Crippen molar-refractivity contribution in [2.24, 2.45) is 0 Å². The third kappa shape index (κ3) is 5.15. The molecule has 2 aromatic carbocycles. The lowest BCUT2D eigenvalue weighted by atomic mass is 10.1. The minimum absolute atomic E-state index is 0.0605. The lowest BCUT2D eigenvalue weighted by Gasteiger charge is -2.34. The molecule has 0 spiro atoms. The second-order valence-electron chi connectivity index (χ2n) is 9.51. The van der Waals surface area contributed by atoms with Crippen LogP contribution >= 0.6 is 0 Å². The number of piperazine rings is 1. The molecular weight excluding hydrogens is 440 g/mol. The number of hydrogen-bond acceptors (Lipinski definition) is 4. The molecule has 0 atom stereocenters. The molecule has 35 heavy (non-hydrogen) atoms. The predicted octanol–water partition coefficient (Wildman–Crippen LogP) is 3.18. The number of ketones is 1. The van der Waals surface area contributed by atoms with Crippen LogP contribution in [0.2, 0.25) is 0 Å². The maximum Gasteiger partial charge on any atom is 0.295 e. The quantitative estimate of drug-likeness (QED) is 0.408. The van der Waals surface area contributed by atoms with Crippen LogP contribution < -0.4 is 0 Å². The Morgan fingerprint density at radius 1 is 0.714 bits per heavy atom. The third-order valence-corrected chi connectivity index (χ3v) is 7.15. The number of piperidine rings is 1. The molecule has 3 heterocycles. The van der Waals surface area contributed by atoms with Crippen LogP contribution in [0.3, 0.4) is 0 Å². The largest absolute Gasteiger partial charge is 0.341 e. The number of para-hydroxylation sites is 1. The molecule has 0 aliphatic carbocycles. The second kappa shape index (κ2) is 10.4. The summed E-state index contributed by atoms with van der Waals surface area (Å²) in [4.78, 5) is 45.2. The van der Waals surface area contributed by atoms with Crippen LogP contribution in [-0.4, -0.2) is 76.1 Å². The van der Waals surface area contributed by atoms with Crippen LogP contribution in [0.5, 0.6) is 0 Å². The number of likely N-dealkylation sites (tertiary alicyclic amines) is 1. The Balaban J connectivity index is 1.27. The summed E-state index contributed by atoms with van der Waals surface area (Å²) in [6.45, 7) is 5.14. The van der Waals surface area contributed by atoms with Crippen LogP contribution in [0.15, 0.2) is 60.8 Å². The van der Waals surface area contributed by atoms with Gasteiger partial charge in [-0.25, -0.2) is 0 Å². The number of aromatic nitrogens is 1. The Hall–Kier alpha value is -3.45. The van der Waals surface area contributed by atoms with Crippen LogP contribution in [0.1, 0.15) is 35.2 Å². The summed E-state index contributed by atoms with van der Waals surface area (Å²) in [7, 11) is 0. The summed E-state index contributed by atoms with van der Waals surface area (Å²) in [5.41, 5.74) is 2.43. The van der Waals surface area contributed by atoms with Gasteiger partial charge in [-0.3, -0.25) is 19.3 Å². The fourth-order valence-corrected chi connectivity index (χ4v) is 5.16. The van der Waals surface area contributed by atoms with Crippen LogP contribution in [0.4, 0.5) is 0 Å². The second-order valence-corrected chi connectivity index (χ2v) is 9.51. The fraction of sp³-hybridized carbons (Fsp3) is 0.393. The van der Waals surface area contributed by atoms with E-state index in [1.165, 1.54) is 5.56 Å². The molecule has 1 aromatic heterocycles. The zero-order valence-corrected chi connectivity index (χ0v) is 20.1. The number of carbonyl (C=O) groups is 3. The molecule has 2 aliphatic rings. The number of rotatable bonds is 6. The molecule has 3 aromatic rings. The highest BCUT2D eigenvalue weighted by molar-refractivity contribution is 6.44. The minimum Gasteiger partial charge on any atom is -0.341 e. The molecule has 2 amide bonds. The standard InChI is InChI=1S/C28H32N4O3/c33-26(30-13-7-2-8-14-30)21-32-20-24(23-11-5-6-12-25(23)32)27(34)28(35)31-17-15-29(16-18-31)19-22-9-3-1-4-10-22/h1,3-6,9-12,20H,2,7-8,13-19,21H2. The van der Waals surface area contributed by atoms with Gasteiger partial charge in [0.05, 0.1) is 5.56 Å². The van der Waals surface area contributed by atoms with Gasteiger partial charge in [-0.2, -0.15) is 0 Å². The van der Waals surface area contributed by atoms with E-state index in [1.54, 1.807) is 11.1 Å². The van der Waals surface area contributed by atoms with Gasteiger partial charge < -0.3 is 14.4 Å². The first-order valence-corrected chi connectivity index (χ1v) is 12.6. The van der Waals surface area contributed by atoms with E-state index in [0.717, 1.165) is 62.9 Å². The molecule has 0 saturated carbocycles. The Kier molecular flexibility index (Phi) is 6.95. The minimum atomic E-state index is -0.498. The van der Waals surface area contributed by atoms with Crippen molar-refractivity contribution in [3.63, 3.8) is 0 Å². The number of fused-ring (bicyclic) bond motifs is 1. The molecular formula is C28H32N4O3. The van der Waals surface area contributed by atoms with Crippen molar-refractivity contribution in [2.75, 3.05) is 39.3 Å². The first-order valence-electron chi connectivity index (χ1n) is 12.6. The van der Waals surface area contributed by atoms with Crippen LogP contribution in [-0.2, 0) is 22.7 Å². The van der Waals surface area contributed by atoms with Gasteiger partial charge in [0.1, 0.15) is 6.54 Å². The van der Waals surface area contributed by atoms with Gasteiger partial charge in [0.15, 0.2) is 0 Å². The Labute approximate surface area is 205 Å². The van der Waals surface area contributed by atoms with Crippen molar-refractivity contribution >= 4 is 28.5 Å². The highest BCUT2D eigenvalue weighted by Crippen LogP contribution is 2.23. The first-order chi connectivity index (χ1) is 17.1. The van der Waals surface area contributed by atoms with E-state index in [4.69, 9.17) is 0 Å². The predicted molar refractivity (Wildman–Crippen MR) is 135 cm³/mol. The van der Waals surface area contributed by atoms with Gasteiger partial charge >= 0.3 is 0 Å². The van der Waals surface area contributed by atoms with E-state index in [9.17, 15) is 14.4 Å². The van der Waals surface area contributed by atoms with E-state index < -0.39 is 11.7 Å². The van der Waals surface area contributed by atoms with E-state index in [0.29, 0.717) is 18.7 Å². The van der Waals surface area contributed by atoms with Crippen LogP contribution in [0.25, 0.3) is 10.9 Å². The van der Waals surface area contributed by atoms with Crippen molar-refractivity contribution in [3.05, 3.63) is 71.9 Å². The molecule has 182 valence electrons. The van der Waals surface area contributed by atoms with E-state index in [1.807, 2.05) is 51.9 Å². The molecule has 2 fully saturated rings. The average Bonchev–Trinajstić information content (AvgIpc) is 3.27. The molecule has 2 aliphatic heterocycles. The molecule has 0 radical (unpaired) electrons. The average molecular weight is 473 g/mol. The number of Topliss-reactive ketones (excluding diaryl/α,β-unsaturated/α-hetero) is 1. The first kappa shape index (κ1) is 23.3. The molecule has 2 saturated heterocycles. The number of amides is 2. The van der Waals surface area contributed by atoms with Crippen molar-refractivity contribution in [3.8, 4) is 0 Å². The molecule has 7 nitrogen and oxygen atoms in total. The zero-order valence-electron chi connectivity index (χ0n) is 20.1. The summed E-state index contributed by atoms with van der Waals surface area (Å²) < 4.78 is 1.82. The van der Waals surface area contributed by atoms with Gasteiger partial charge in [0.2, 0.25) is 5.91 Å². The molecule has 0 bridgehead atoms. The maximum absolute atomic E-state index is 13.3. The molecule has 5 rings (SSSR count). The smallest absolute Gasteiger partial charge is 0.295 e. The van der Waals surface area contributed by atoms with Gasteiger partial charge in [-0.15, -0.1) is 0 Å². The van der Waals surface area contributed by atoms with Gasteiger partial charge in [-0.1, -0.05) is 48.5 Å². The number of benzene rings is 2. The maximum atomic E-state index is 13.3. The van der Waals surface area contributed by atoms with Gasteiger partial charge in [0.25, 0.3) is 11.7 Å². The Bertz CT molecular complexity index is 1210. The summed E-state index contributed by atoms with van der Waals surface area (Å²) in [5.74, 6) is -0.901. The SMILES string of the molecule is O=C(C(=O)N1CCN(Cc2ccccc2)CC1)c1cn(CC(=O)N2CCCCC2)c2ccccc12. The Morgan fingerprint density at radius 2 is 1.40 bits per heavy atom. The van der Waals surface area contributed by atoms with Crippen molar-refractivity contribution in [1.82, 2.24) is 19.3 Å². The molecule has 0 N–H and O–H groups in total. The molecule has 0 unspecified atom stereocenters. The lowest BCUT2D eigenvalue weighted by molar-refractivity contribution is -0.132. The highest BCUT2D eigenvalue weighted by Gasteiger charge is 2.29. The highest BCUT2D eigenvalue weighted by atomic mass is 16.2. The van der Waals surface area contributed by atoms with E-state index in [-0.39, 0.29) is 12.5 Å². The van der Waals surface area contributed by atoms with E-state index >= 15 is 0 Å². The van der Waals surface area contributed by atoms with Crippen molar-refractivity contribution in [2.45, 2.75) is 32.4 Å². The summed E-state index contributed by atoms with van der Waals surface area (Å²) in [5, 5.41) is 0.722. The summed E-state index contributed by atoms with van der Waals surface area (Å²) >= 11 is 0. The number of hydrogen-bond donors (Lipinski definition) is 0. The monoisotopic (exact) mass is 472 g/mol. The number of nitrogens with zero attached hydrogens (tertiary/aromatic N) is 4. The van der Waals surface area contributed by atoms with Crippen molar-refractivity contribution < 1.29 is 14.4 Å². The van der Waals surface area contributed by atoms with Gasteiger partial charge in [0, 0.05) is 62.9 Å². The fourth-order valence-electron chi connectivity index (χ4n) is 5.16. The normalized spacial score (nSPS) is 17.0. The van der Waals surface area contributed by atoms with Crippen molar-refractivity contribution in [1.29, 1.82) is 0 Å².